The van der Waals surface area contributed by atoms with Gasteiger partial charge in [0.1, 0.15) is 0 Å². The summed E-state index contributed by atoms with van der Waals surface area (Å²) >= 11 is 0. The highest BCUT2D eigenvalue weighted by molar-refractivity contribution is 5.57. The Morgan fingerprint density at radius 1 is 1.53 bits per heavy atom. The lowest BCUT2D eigenvalue weighted by molar-refractivity contribution is 0.191. The molecule has 2 unspecified atom stereocenters. The summed E-state index contributed by atoms with van der Waals surface area (Å²) in [6.45, 7) is 5.61. The Labute approximate surface area is 103 Å². The predicted molar refractivity (Wildman–Crippen MR) is 71.5 cm³/mol. The van der Waals surface area contributed by atoms with Gasteiger partial charge in [-0.2, -0.15) is 0 Å². The minimum Gasteiger partial charge on any atom is -0.392 e. The monoisotopic (exact) mass is 234 g/mol. The summed E-state index contributed by atoms with van der Waals surface area (Å²) in [6.07, 6.45) is 1.89. The summed E-state index contributed by atoms with van der Waals surface area (Å²) < 4.78 is 0. The average molecular weight is 234 g/mol. The Hall–Kier alpha value is -1.06. The van der Waals surface area contributed by atoms with Gasteiger partial charge in [0.05, 0.1) is 6.10 Å². The summed E-state index contributed by atoms with van der Waals surface area (Å²) in [4.78, 5) is 0. The lowest BCUT2D eigenvalue weighted by atomic mass is 10.0. The molecule has 0 fully saturated rings. The minimum atomic E-state index is -0.264. The predicted octanol–water partition coefficient (Wildman–Crippen LogP) is 1.56. The van der Waals surface area contributed by atoms with Crippen molar-refractivity contribution in [3.63, 3.8) is 0 Å². The Balaban J connectivity index is 1.84. The molecule has 0 amide bonds. The van der Waals surface area contributed by atoms with Crippen LogP contribution in [0.4, 0.5) is 5.69 Å². The number of hydrogen-bond acceptors (Lipinski definition) is 3. The maximum Gasteiger partial charge on any atom is 0.0636 e. The number of rotatable bonds is 5. The topological polar surface area (TPSA) is 44.3 Å². The highest BCUT2D eigenvalue weighted by atomic mass is 16.3. The van der Waals surface area contributed by atoms with Crippen molar-refractivity contribution in [3.05, 3.63) is 29.3 Å². The molecule has 3 N–H and O–H groups in total. The van der Waals surface area contributed by atoms with Gasteiger partial charge in [-0.05, 0) is 50.4 Å². The summed E-state index contributed by atoms with van der Waals surface area (Å²) in [7, 11) is 0. The van der Waals surface area contributed by atoms with Crippen LogP contribution in [0.5, 0.6) is 0 Å². The molecule has 2 rings (SSSR count). The van der Waals surface area contributed by atoms with Crippen LogP contribution in [0, 0.1) is 0 Å². The Kier molecular flexibility index (Phi) is 4.02. The van der Waals surface area contributed by atoms with Crippen LogP contribution in [-0.4, -0.2) is 30.3 Å². The van der Waals surface area contributed by atoms with Gasteiger partial charge < -0.3 is 15.7 Å². The van der Waals surface area contributed by atoms with Crippen LogP contribution in [0.2, 0.25) is 0 Å². The van der Waals surface area contributed by atoms with Gasteiger partial charge in [-0.25, -0.2) is 0 Å². The fraction of sp³-hybridized carbons (Fsp3) is 0.571. The third kappa shape index (κ3) is 3.45. The van der Waals surface area contributed by atoms with Gasteiger partial charge in [0.15, 0.2) is 0 Å². The summed E-state index contributed by atoms with van der Waals surface area (Å²) in [5.74, 6) is 0. The lowest BCUT2D eigenvalue weighted by Crippen LogP contribution is -2.26. The molecule has 3 nitrogen and oxygen atoms in total. The SMILES string of the molecule is CC(O)CNCCc1ccc2c(c1)CC(C)N2. The number of nitrogens with one attached hydrogen (secondary N) is 2. The van der Waals surface area contributed by atoms with Crippen molar-refractivity contribution in [2.75, 3.05) is 18.4 Å². The van der Waals surface area contributed by atoms with Gasteiger partial charge in [-0.1, -0.05) is 12.1 Å². The van der Waals surface area contributed by atoms with E-state index in [0.29, 0.717) is 12.6 Å². The maximum atomic E-state index is 9.13. The molecule has 1 heterocycles. The first-order chi connectivity index (χ1) is 8.15. The smallest absolute Gasteiger partial charge is 0.0636 e. The van der Waals surface area contributed by atoms with E-state index in [-0.39, 0.29) is 6.10 Å². The molecule has 1 aromatic carbocycles. The molecule has 1 aliphatic rings. The molecule has 0 radical (unpaired) electrons. The second kappa shape index (κ2) is 5.52. The van der Waals surface area contributed by atoms with Crippen LogP contribution in [0.1, 0.15) is 25.0 Å². The van der Waals surface area contributed by atoms with Crippen molar-refractivity contribution in [1.29, 1.82) is 0 Å². The van der Waals surface area contributed by atoms with Gasteiger partial charge in [0.2, 0.25) is 0 Å². The van der Waals surface area contributed by atoms with Crippen LogP contribution in [0.3, 0.4) is 0 Å². The molecule has 0 spiro atoms. The second-order valence-corrected chi connectivity index (χ2v) is 5.04. The molecular weight excluding hydrogens is 212 g/mol. The van der Waals surface area contributed by atoms with Crippen molar-refractivity contribution in [2.45, 2.75) is 38.8 Å². The van der Waals surface area contributed by atoms with E-state index < -0.39 is 0 Å². The first-order valence-electron chi connectivity index (χ1n) is 6.42. The fourth-order valence-corrected chi connectivity index (χ4v) is 2.30. The van der Waals surface area contributed by atoms with Gasteiger partial charge in [-0.15, -0.1) is 0 Å². The van der Waals surface area contributed by atoms with Crippen LogP contribution in [-0.2, 0) is 12.8 Å². The van der Waals surface area contributed by atoms with E-state index in [4.69, 9.17) is 5.11 Å². The van der Waals surface area contributed by atoms with Crippen molar-refractivity contribution in [1.82, 2.24) is 5.32 Å². The van der Waals surface area contributed by atoms with Crippen molar-refractivity contribution < 1.29 is 5.11 Å². The standard InChI is InChI=1S/C14H22N2O/c1-10-7-13-8-12(3-4-14(13)16-10)5-6-15-9-11(2)17/h3-4,8,10-11,15-17H,5-7,9H2,1-2H3. The molecule has 3 heteroatoms. The maximum absolute atomic E-state index is 9.13. The normalized spacial score (nSPS) is 19.8. The van der Waals surface area contributed by atoms with E-state index in [1.54, 1.807) is 6.92 Å². The van der Waals surface area contributed by atoms with Crippen molar-refractivity contribution >= 4 is 5.69 Å². The number of hydrogen-bond donors (Lipinski definition) is 3. The molecule has 0 aliphatic carbocycles. The van der Waals surface area contributed by atoms with Gasteiger partial charge >= 0.3 is 0 Å². The van der Waals surface area contributed by atoms with Crippen LogP contribution in [0.15, 0.2) is 18.2 Å². The molecule has 94 valence electrons. The van der Waals surface area contributed by atoms with Crippen molar-refractivity contribution in [3.8, 4) is 0 Å². The van der Waals surface area contributed by atoms with E-state index in [9.17, 15) is 0 Å². The van der Waals surface area contributed by atoms with Crippen molar-refractivity contribution in [2.24, 2.45) is 0 Å². The quantitative estimate of drug-likeness (QED) is 0.677. The first kappa shape index (κ1) is 12.4. The summed E-state index contributed by atoms with van der Waals surface area (Å²) in [5.41, 5.74) is 4.10. The van der Waals surface area contributed by atoms with E-state index in [1.165, 1.54) is 16.8 Å². The van der Waals surface area contributed by atoms with Crippen LogP contribution >= 0.6 is 0 Å². The third-order valence-corrected chi connectivity index (χ3v) is 3.13. The van der Waals surface area contributed by atoms with E-state index in [0.717, 1.165) is 19.4 Å². The van der Waals surface area contributed by atoms with Gasteiger partial charge in [-0.3, -0.25) is 0 Å². The number of aliphatic hydroxyl groups is 1. The molecule has 0 bridgehead atoms. The zero-order chi connectivity index (χ0) is 12.3. The van der Waals surface area contributed by atoms with Gasteiger partial charge in [0, 0.05) is 18.3 Å². The fourth-order valence-electron chi connectivity index (χ4n) is 2.30. The first-order valence-corrected chi connectivity index (χ1v) is 6.42. The number of anilines is 1. The molecule has 0 saturated carbocycles. The largest absolute Gasteiger partial charge is 0.392 e. The number of fused-ring (bicyclic) bond motifs is 1. The van der Waals surface area contributed by atoms with Crippen LogP contribution < -0.4 is 10.6 Å². The van der Waals surface area contributed by atoms with E-state index in [1.807, 2.05) is 0 Å². The molecule has 1 aromatic rings. The molecule has 0 saturated heterocycles. The highest BCUT2D eigenvalue weighted by Gasteiger charge is 2.16. The number of benzene rings is 1. The lowest BCUT2D eigenvalue weighted by Gasteiger charge is -2.08. The summed E-state index contributed by atoms with van der Waals surface area (Å²) in [5, 5.41) is 15.8. The van der Waals surface area contributed by atoms with Gasteiger partial charge in [0.25, 0.3) is 0 Å². The van der Waals surface area contributed by atoms with E-state index in [2.05, 4.69) is 35.8 Å². The molecule has 17 heavy (non-hydrogen) atoms. The number of aliphatic hydroxyl groups excluding tert-OH is 1. The minimum absolute atomic E-state index is 0.264. The van der Waals surface area contributed by atoms with Crippen LogP contribution in [0.25, 0.3) is 0 Å². The summed E-state index contributed by atoms with van der Waals surface area (Å²) in [6, 6.07) is 7.24. The molecule has 0 aromatic heterocycles. The van der Waals surface area contributed by atoms with E-state index >= 15 is 0 Å². The Morgan fingerprint density at radius 3 is 3.12 bits per heavy atom. The average Bonchev–Trinajstić information content (AvgIpc) is 2.63. The molecule has 2 atom stereocenters. The second-order valence-electron chi connectivity index (χ2n) is 5.04. The highest BCUT2D eigenvalue weighted by Crippen LogP contribution is 2.26. The Bertz CT molecular complexity index is 376. The zero-order valence-corrected chi connectivity index (χ0v) is 10.7. The Morgan fingerprint density at radius 2 is 2.35 bits per heavy atom. The zero-order valence-electron chi connectivity index (χ0n) is 10.7. The third-order valence-electron chi connectivity index (χ3n) is 3.13. The molecular formula is C14H22N2O. The molecule has 1 aliphatic heterocycles.